The highest BCUT2D eigenvalue weighted by molar-refractivity contribution is 6.12. The van der Waals surface area contributed by atoms with Crippen LogP contribution in [0.15, 0.2) is 199 Å². The first-order chi connectivity index (χ1) is 25.7. The molecule has 2 heteroatoms. The topological polar surface area (TPSA) is 16.4 Å². The molecule has 10 rings (SSSR count). The Hall–Kier alpha value is -6.64. The van der Waals surface area contributed by atoms with Crippen molar-refractivity contribution in [1.29, 1.82) is 0 Å². The highest BCUT2D eigenvalue weighted by Crippen LogP contribution is 2.57. The smallest absolute Gasteiger partial charge is 0.159 e. The zero-order chi connectivity index (χ0) is 34.6. The van der Waals surface area contributed by atoms with E-state index in [-0.39, 0.29) is 0 Å². The maximum atomic E-state index is 6.73. The third-order valence-corrected chi connectivity index (χ3v) is 10.9. The van der Waals surface area contributed by atoms with Gasteiger partial charge in [-0.05, 0) is 106 Å². The number of benzene rings is 8. The number of hydrogen-bond acceptors (Lipinski definition) is 2. The lowest BCUT2D eigenvalue weighted by Gasteiger charge is -2.35. The molecule has 0 spiro atoms. The number of aryl methyl sites for hydroxylation is 1. The van der Waals surface area contributed by atoms with Gasteiger partial charge in [0.05, 0.1) is 11.1 Å². The number of furan rings is 1. The molecule has 1 heterocycles. The Morgan fingerprint density at radius 2 is 1.04 bits per heavy atom. The number of anilines is 3. The number of fused-ring (bicyclic) bond motifs is 6. The van der Waals surface area contributed by atoms with Crippen molar-refractivity contribution in [1.82, 2.24) is 0 Å². The van der Waals surface area contributed by atoms with E-state index in [0.717, 1.165) is 50.1 Å². The highest BCUT2D eigenvalue weighted by Gasteiger charge is 2.46. The molecular weight excluding hydrogens is 631 g/mol. The molecule has 0 aliphatic heterocycles. The zero-order valence-corrected chi connectivity index (χ0v) is 28.8. The fourth-order valence-electron chi connectivity index (χ4n) is 8.62. The van der Waals surface area contributed by atoms with Gasteiger partial charge in [0.2, 0.25) is 0 Å². The van der Waals surface area contributed by atoms with Crippen LogP contribution in [-0.2, 0) is 5.41 Å². The van der Waals surface area contributed by atoms with E-state index in [1.54, 1.807) is 0 Å². The maximum Gasteiger partial charge on any atom is 0.159 e. The summed E-state index contributed by atoms with van der Waals surface area (Å²) < 4.78 is 6.73. The van der Waals surface area contributed by atoms with Crippen molar-refractivity contribution in [2.75, 3.05) is 4.90 Å². The summed E-state index contributed by atoms with van der Waals surface area (Å²) in [5.74, 6) is 0. The summed E-state index contributed by atoms with van der Waals surface area (Å²) in [5.41, 5.74) is 15.7. The van der Waals surface area contributed by atoms with Crippen LogP contribution in [-0.4, -0.2) is 0 Å². The van der Waals surface area contributed by atoms with E-state index in [0.29, 0.717) is 0 Å². The highest BCUT2D eigenvalue weighted by atomic mass is 16.3. The SMILES string of the molecule is Cc1ccccc1C1(c2ccccc2)c2ccccc2-c2ccc(-c3cc(N(c4ccccc4)c4ccccc4)c4oc5ccccc5c4c3)cc21. The molecule has 52 heavy (non-hydrogen) atoms. The third kappa shape index (κ3) is 4.51. The number of nitrogens with zero attached hydrogens (tertiary/aromatic N) is 1. The first-order valence-electron chi connectivity index (χ1n) is 17.9. The summed E-state index contributed by atoms with van der Waals surface area (Å²) >= 11 is 0. The normalized spacial score (nSPS) is 14.7. The average Bonchev–Trinajstić information content (AvgIpc) is 3.73. The van der Waals surface area contributed by atoms with Crippen LogP contribution >= 0.6 is 0 Å². The lowest BCUT2D eigenvalue weighted by Crippen LogP contribution is -2.29. The molecule has 0 amide bonds. The predicted octanol–water partition coefficient (Wildman–Crippen LogP) is 13.4. The van der Waals surface area contributed by atoms with E-state index in [9.17, 15) is 0 Å². The largest absolute Gasteiger partial charge is 0.454 e. The van der Waals surface area contributed by atoms with Crippen LogP contribution in [0.2, 0.25) is 0 Å². The summed E-state index contributed by atoms with van der Waals surface area (Å²) in [7, 11) is 0. The fourth-order valence-corrected chi connectivity index (χ4v) is 8.62. The van der Waals surface area contributed by atoms with Crippen LogP contribution in [0, 0.1) is 6.92 Å². The molecule has 1 atom stereocenters. The minimum atomic E-state index is -0.482. The van der Waals surface area contributed by atoms with Gasteiger partial charge in [0.1, 0.15) is 5.58 Å². The van der Waals surface area contributed by atoms with Gasteiger partial charge in [-0.2, -0.15) is 0 Å². The first kappa shape index (κ1) is 30.2. The van der Waals surface area contributed by atoms with E-state index in [1.807, 2.05) is 6.07 Å². The van der Waals surface area contributed by atoms with Gasteiger partial charge in [-0.15, -0.1) is 0 Å². The third-order valence-electron chi connectivity index (χ3n) is 10.9. The summed E-state index contributed by atoms with van der Waals surface area (Å²) in [6.45, 7) is 2.25. The Kier molecular flexibility index (Phi) is 6.97. The van der Waals surface area contributed by atoms with Gasteiger partial charge < -0.3 is 9.32 Å². The molecule has 0 saturated heterocycles. The van der Waals surface area contributed by atoms with Crippen LogP contribution < -0.4 is 4.90 Å². The van der Waals surface area contributed by atoms with Crippen molar-refractivity contribution in [3.05, 3.63) is 222 Å². The second-order valence-corrected chi connectivity index (χ2v) is 13.7. The van der Waals surface area contributed by atoms with Crippen molar-refractivity contribution in [3.63, 3.8) is 0 Å². The van der Waals surface area contributed by atoms with Crippen molar-refractivity contribution in [2.24, 2.45) is 0 Å². The van der Waals surface area contributed by atoms with Gasteiger partial charge in [0, 0.05) is 22.1 Å². The van der Waals surface area contributed by atoms with Gasteiger partial charge in [-0.3, -0.25) is 0 Å². The van der Waals surface area contributed by atoms with Crippen molar-refractivity contribution in [2.45, 2.75) is 12.3 Å². The lowest BCUT2D eigenvalue weighted by molar-refractivity contribution is 0.669. The molecule has 0 saturated carbocycles. The van der Waals surface area contributed by atoms with Crippen LogP contribution in [0.3, 0.4) is 0 Å². The van der Waals surface area contributed by atoms with E-state index in [2.05, 4.69) is 200 Å². The van der Waals surface area contributed by atoms with E-state index >= 15 is 0 Å². The molecule has 1 aliphatic rings. The maximum absolute atomic E-state index is 6.73. The standard InChI is InChI=1S/C50H35NO/c1-34-17-11-14-26-44(34)50(37-18-5-2-6-19-37)45-27-15-12-24-40(45)41-30-29-35(32-46(41)50)36-31-43-42-25-13-16-28-48(42)52-49(43)47(33-36)51(38-20-7-3-8-21-38)39-22-9-4-10-23-39/h2-33H,1H3. The molecule has 8 aromatic carbocycles. The molecule has 1 unspecified atom stereocenters. The van der Waals surface area contributed by atoms with Gasteiger partial charge in [0.15, 0.2) is 5.58 Å². The molecule has 2 nitrogen and oxygen atoms in total. The molecule has 0 N–H and O–H groups in total. The predicted molar refractivity (Wildman–Crippen MR) is 216 cm³/mol. The molecule has 0 bridgehead atoms. The second kappa shape index (κ2) is 12.0. The average molecular weight is 666 g/mol. The molecular formula is C50H35NO. The second-order valence-electron chi connectivity index (χ2n) is 13.7. The Balaban J connectivity index is 1.28. The monoisotopic (exact) mass is 665 g/mol. The van der Waals surface area contributed by atoms with Gasteiger partial charge >= 0.3 is 0 Å². The Morgan fingerprint density at radius 1 is 0.442 bits per heavy atom. The van der Waals surface area contributed by atoms with Crippen molar-refractivity contribution >= 4 is 39.0 Å². The summed E-state index contributed by atoms with van der Waals surface area (Å²) in [6.07, 6.45) is 0. The molecule has 1 aromatic heterocycles. The lowest BCUT2D eigenvalue weighted by atomic mass is 9.66. The minimum Gasteiger partial charge on any atom is -0.454 e. The molecule has 0 fully saturated rings. The Bertz CT molecular complexity index is 2710. The van der Waals surface area contributed by atoms with Gasteiger partial charge in [0.25, 0.3) is 0 Å². The van der Waals surface area contributed by atoms with Gasteiger partial charge in [-0.1, -0.05) is 146 Å². The van der Waals surface area contributed by atoms with Crippen LogP contribution in [0.25, 0.3) is 44.2 Å². The summed E-state index contributed by atoms with van der Waals surface area (Å²) in [5, 5.41) is 2.20. The minimum absolute atomic E-state index is 0.482. The fraction of sp³-hybridized carbons (Fsp3) is 0.0400. The first-order valence-corrected chi connectivity index (χ1v) is 17.9. The molecule has 9 aromatic rings. The van der Waals surface area contributed by atoms with Crippen LogP contribution in [0.1, 0.15) is 27.8 Å². The quantitative estimate of drug-likeness (QED) is 0.176. The number of para-hydroxylation sites is 3. The molecule has 246 valence electrons. The number of rotatable bonds is 6. The van der Waals surface area contributed by atoms with Gasteiger partial charge in [-0.25, -0.2) is 0 Å². The summed E-state index contributed by atoms with van der Waals surface area (Å²) in [6, 6.07) is 70.2. The van der Waals surface area contributed by atoms with Crippen molar-refractivity contribution < 1.29 is 4.42 Å². The molecule has 1 aliphatic carbocycles. The van der Waals surface area contributed by atoms with E-state index in [1.165, 1.54) is 38.9 Å². The zero-order valence-electron chi connectivity index (χ0n) is 28.8. The summed E-state index contributed by atoms with van der Waals surface area (Å²) in [4.78, 5) is 2.32. The number of hydrogen-bond donors (Lipinski definition) is 0. The van der Waals surface area contributed by atoms with Crippen LogP contribution in [0.4, 0.5) is 17.1 Å². The molecule has 0 radical (unpaired) electrons. The van der Waals surface area contributed by atoms with E-state index < -0.39 is 5.41 Å². The van der Waals surface area contributed by atoms with Crippen LogP contribution in [0.5, 0.6) is 0 Å². The van der Waals surface area contributed by atoms with E-state index in [4.69, 9.17) is 4.42 Å². The Morgan fingerprint density at radius 3 is 1.77 bits per heavy atom. The van der Waals surface area contributed by atoms with Crippen molar-refractivity contribution in [3.8, 4) is 22.3 Å². The Labute approximate surface area is 303 Å².